The number of carbonyl (C=O) groups is 1. The molecule has 5 heteroatoms. The Morgan fingerprint density at radius 2 is 1.67 bits per heavy atom. The Bertz CT molecular complexity index is 1220. The van der Waals surface area contributed by atoms with Gasteiger partial charge in [0.05, 0.1) is 12.8 Å². The Kier molecular flexibility index (Phi) is 5.12. The number of methoxy groups -OCH3 is 1. The molecular weight excluding hydrogens is 374 g/mol. The molecule has 0 bridgehead atoms. The van der Waals surface area contributed by atoms with Crippen molar-refractivity contribution in [3.05, 3.63) is 66.4 Å². The second-order valence-corrected chi connectivity index (χ2v) is 8.11. The minimum atomic E-state index is -0.540. The quantitative estimate of drug-likeness (QED) is 0.341. The smallest absolute Gasteiger partial charge is 0.425 e. The molecule has 3 N–H and O–H groups in total. The maximum absolute atomic E-state index is 11.7. The number of anilines is 1. The number of fused-ring (bicyclic) bond motifs is 2. The first kappa shape index (κ1) is 19.8. The lowest BCUT2D eigenvalue weighted by molar-refractivity contribution is 0.173. The van der Waals surface area contributed by atoms with Crippen LogP contribution in [0.4, 0.5) is 10.5 Å². The number of para-hydroxylation sites is 1. The number of hydrogen-bond donors (Lipinski definition) is 3. The molecule has 0 saturated heterocycles. The summed E-state index contributed by atoms with van der Waals surface area (Å²) in [7, 11) is 1.35. The molecule has 1 aromatic heterocycles. The summed E-state index contributed by atoms with van der Waals surface area (Å²) in [5, 5.41) is 3.42. The average Bonchev–Trinajstić information content (AvgIpc) is 3.17. The summed E-state index contributed by atoms with van der Waals surface area (Å²) < 4.78 is 4.74. The molecule has 0 atom stereocenters. The van der Waals surface area contributed by atoms with Crippen molar-refractivity contribution in [2.24, 2.45) is 0 Å². The molecule has 0 aliphatic heterocycles. The van der Waals surface area contributed by atoms with E-state index in [4.69, 9.17) is 4.74 Å². The maximum Gasteiger partial charge on any atom is 0.425 e. The standard InChI is InChI=1S/C25H27N3O2/c1-5-25(2,3)23-22(18-12-8-9-13-19(18)26-23)21-17-11-7-6-10-16(17)14-15-20(21)27-28-24(29)30-4/h6-15,26-27H,5H2,1-4H3,(H,28,29). The van der Waals surface area contributed by atoms with E-state index in [1.54, 1.807) is 0 Å². The molecule has 30 heavy (non-hydrogen) atoms. The van der Waals surface area contributed by atoms with Gasteiger partial charge in [0, 0.05) is 33.1 Å². The van der Waals surface area contributed by atoms with Crippen LogP contribution in [0.3, 0.4) is 0 Å². The number of nitrogens with one attached hydrogen (secondary N) is 3. The normalized spacial score (nSPS) is 11.6. The highest BCUT2D eigenvalue weighted by Crippen LogP contribution is 2.45. The Morgan fingerprint density at radius 3 is 2.40 bits per heavy atom. The van der Waals surface area contributed by atoms with E-state index in [0.29, 0.717) is 0 Å². The predicted octanol–water partition coefficient (Wildman–Crippen LogP) is 6.36. The molecule has 0 aliphatic carbocycles. The monoisotopic (exact) mass is 401 g/mol. The van der Waals surface area contributed by atoms with E-state index < -0.39 is 6.09 Å². The first-order chi connectivity index (χ1) is 14.5. The van der Waals surface area contributed by atoms with Gasteiger partial charge in [-0.05, 0) is 29.3 Å². The molecule has 0 saturated carbocycles. The van der Waals surface area contributed by atoms with Gasteiger partial charge in [-0.3, -0.25) is 5.43 Å². The van der Waals surface area contributed by atoms with Crippen molar-refractivity contribution >= 4 is 33.5 Å². The van der Waals surface area contributed by atoms with Crippen LogP contribution >= 0.6 is 0 Å². The maximum atomic E-state index is 11.7. The average molecular weight is 402 g/mol. The van der Waals surface area contributed by atoms with Gasteiger partial charge in [-0.25, -0.2) is 10.2 Å². The van der Waals surface area contributed by atoms with Crippen LogP contribution in [0.5, 0.6) is 0 Å². The predicted molar refractivity (Wildman–Crippen MR) is 124 cm³/mol. The molecule has 5 nitrogen and oxygen atoms in total. The minimum absolute atomic E-state index is 0.0572. The number of aromatic amines is 1. The van der Waals surface area contributed by atoms with E-state index in [2.05, 4.69) is 73.0 Å². The number of amides is 1. The van der Waals surface area contributed by atoms with Crippen LogP contribution < -0.4 is 10.9 Å². The van der Waals surface area contributed by atoms with E-state index in [9.17, 15) is 4.79 Å². The lowest BCUT2D eigenvalue weighted by Gasteiger charge is -2.25. The zero-order chi connectivity index (χ0) is 21.3. The SMILES string of the molecule is CCC(C)(C)c1[nH]c2ccccc2c1-c1c(NNC(=O)OC)ccc2ccccc12. The highest BCUT2D eigenvalue weighted by atomic mass is 16.5. The minimum Gasteiger partial charge on any atom is -0.452 e. The molecule has 1 amide bonds. The van der Waals surface area contributed by atoms with Gasteiger partial charge in [-0.1, -0.05) is 69.3 Å². The summed E-state index contributed by atoms with van der Waals surface area (Å²) in [5.41, 5.74) is 10.9. The molecule has 4 rings (SSSR count). The van der Waals surface area contributed by atoms with Crippen LogP contribution in [0, 0.1) is 0 Å². The Labute approximate surface area is 176 Å². The van der Waals surface area contributed by atoms with Crippen LogP contribution in [-0.2, 0) is 10.2 Å². The van der Waals surface area contributed by atoms with Gasteiger partial charge in [0.15, 0.2) is 0 Å². The number of aromatic nitrogens is 1. The lowest BCUT2D eigenvalue weighted by atomic mass is 9.81. The summed E-state index contributed by atoms with van der Waals surface area (Å²) in [6.07, 6.45) is 0.447. The molecular formula is C25H27N3O2. The number of rotatable bonds is 5. The first-order valence-corrected chi connectivity index (χ1v) is 10.2. The van der Waals surface area contributed by atoms with E-state index in [0.717, 1.165) is 44.9 Å². The van der Waals surface area contributed by atoms with E-state index >= 15 is 0 Å². The van der Waals surface area contributed by atoms with E-state index in [1.807, 2.05) is 24.3 Å². The third-order valence-corrected chi connectivity index (χ3v) is 5.93. The summed E-state index contributed by atoms with van der Waals surface area (Å²) in [6, 6.07) is 20.7. The van der Waals surface area contributed by atoms with Gasteiger partial charge in [0.1, 0.15) is 0 Å². The van der Waals surface area contributed by atoms with Crippen molar-refractivity contribution in [3.63, 3.8) is 0 Å². The zero-order valence-electron chi connectivity index (χ0n) is 17.8. The Balaban J connectivity index is 2.06. The molecule has 0 unspecified atom stereocenters. The van der Waals surface area contributed by atoms with Crippen LogP contribution in [0.15, 0.2) is 60.7 Å². The van der Waals surface area contributed by atoms with Crippen molar-refractivity contribution in [2.75, 3.05) is 12.5 Å². The van der Waals surface area contributed by atoms with Crippen molar-refractivity contribution < 1.29 is 9.53 Å². The summed E-state index contributed by atoms with van der Waals surface area (Å²) in [5.74, 6) is 0. The van der Waals surface area contributed by atoms with E-state index in [-0.39, 0.29) is 5.41 Å². The molecule has 0 aliphatic rings. The van der Waals surface area contributed by atoms with Crippen molar-refractivity contribution in [2.45, 2.75) is 32.6 Å². The second kappa shape index (κ2) is 7.75. The van der Waals surface area contributed by atoms with Crippen molar-refractivity contribution in [3.8, 4) is 11.1 Å². The molecule has 3 aromatic carbocycles. The highest BCUT2D eigenvalue weighted by Gasteiger charge is 2.28. The van der Waals surface area contributed by atoms with Crippen LogP contribution in [0.1, 0.15) is 32.9 Å². The molecule has 0 fully saturated rings. The largest absolute Gasteiger partial charge is 0.452 e. The van der Waals surface area contributed by atoms with Gasteiger partial charge in [0.2, 0.25) is 0 Å². The fourth-order valence-electron chi connectivity index (χ4n) is 3.90. The topological polar surface area (TPSA) is 66.2 Å². The number of carbonyl (C=O) groups excluding carboxylic acids is 1. The summed E-state index contributed by atoms with van der Waals surface area (Å²) in [6.45, 7) is 6.72. The number of ether oxygens (including phenoxy) is 1. The number of hydrazine groups is 1. The highest BCUT2D eigenvalue weighted by molar-refractivity contribution is 6.11. The molecule has 154 valence electrons. The number of hydrogen-bond acceptors (Lipinski definition) is 3. The Morgan fingerprint density at radius 1 is 0.967 bits per heavy atom. The summed E-state index contributed by atoms with van der Waals surface area (Å²) >= 11 is 0. The number of benzene rings is 3. The van der Waals surface area contributed by atoms with Crippen LogP contribution in [0.25, 0.3) is 32.8 Å². The van der Waals surface area contributed by atoms with Crippen LogP contribution in [-0.4, -0.2) is 18.2 Å². The fourth-order valence-corrected chi connectivity index (χ4v) is 3.90. The van der Waals surface area contributed by atoms with E-state index in [1.165, 1.54) is 12.8 Å². The second-order valence-electron chi connectivity index (χ2n) is 8.11. The van der Waals surface area contributed by atoms with Gasteiger partial charge >= 0.3 is 6.09 Å². The van der Waals surface area contributed by atoms with Gasteiger partial charge in [-0.2, -0.15) is 0 Å². The third-order valence-electron chi connectivity index (χ3n) is 5.93. The molecule has 0 radical (unpaired) electrons. The van der Waals surface area contributed by atoms with Crippen molar-refractivity contribution in [1.82, 2.24) is 10.4 Å². The van der Waals surface area contributed by atoms with Crippen LogP contribution in [0.2, 0.25) is 0 Å². The molecule has 4 aromatic rings. The third kappa shape index (κ3) is 3.36. The number of H-pyrrole nitrogens is 1. The fraction of sp³-hybridized carbons (Fsp3) is 0.240. The lowest BCUT2D eigenvalue weighted by Crippen LogP contribution is -2.29. The van der Waals surface area contributed by atoms with Gasteiger partial charge < -0.3 is 9.72 Å². The van der Waals surface area contributed by atoms with Gasteiger partial charge in [-0.15, -0.1) is 0 Å². The molecule has 0 spiro atoms. The summed E-state index contributed by atoms with van der Waals surface area (Å²) in [4.78, 5) is 15.4. The zero-order valence-corrected chi connectivity index (χ0v) is 17.8. The van der Waals surface area contributed by atoms with Gasteiger partial charge in [0.25, 0.3) is 0 Å². The Hall–Kier alpha value is -3.47. The molecule has 1 heterocycles. The van der Waals surface area contributed by atoms with Crippen molar-refractivity contribution in [1.29, 1.82) is 0 Å². The first-order valence-electron chi connectivity index (χ1n) is 10.2.